The molecule has 0 aromatic carbocycles. The molecule has 0 saturated carbocycles. The molecule has 0 aromatic rings. The van der Waals surface area contributed by atoms with Crippen LogP contribution in [-0.2, 0) is 0 Å². The normalized spacial score (nSPS) is 13.8. The second-order valence-corrected chi connectivity index (χ2v) is 4.82. The van der Waals surface area contributed by atoms with E-state index in [1.807, 2.05) is 0 Å². The van der Waals surface area contributed by atoms with E-state index in [-0.39, 0.29) is 0 Å². The Morgan fingerprint density at radius 3 is 1.50 bits per heavy atom. The smallest absolute Gasteiger partial charge is 0.00877 e. The van der Waals surface area contributed by atoms with Gasteiger partial charge in [0.1, 0.15) is 0 Å². The first-order chi connectivity index (χ1) is 4.37. The van der Waals surface area contributed by atoms with E-state index in [0.717, 1.165) is 5.33 Å². The summed E-state index contributed by atoms with van der Waals surface area (Å²) in [5.41, 5.74) is 0.845. The molecule has 0 aromatic heterocycles. The predicted octanol–water partition coefficient (Wildman–Crippen LogP) is 3.84. The van der Waals surface area contributed by atoms with Gasteiger partial charge in [0.25, 0.3) is 0 Å². The second-order valence-electron chi connectivity index (χ2n) is 4.25. The third-order valence-electron chi connectivity index (χ3n) is 3.05. The molecule has 0 aliphatic heterocycles. The first-order valence-electron chi connectivity index (χ1n) is 3.93. The topological polar surface area (TPSA) is 0 Å². The van der Waals surface area contributed by atoms with Gasteiger partial charge in [0.15, 0.2) is 0 Å². The molecule has 0 bridgehead atoms. The van der Waals surface area contributed by atoms with Gasteiger partial charge in [-0.15, -0.1) is 0 Å². The number of alkyl halides is 1. The Hall–Kier alpha value is 0.480. The maximum Gasteiger partial charge on any atom is 0.00877 e. The Kier molecular flexibility index (Phi) is 3.41. The third-order valence-corrected chi connectivity index (χ3v) is 4.45. The Morgan fingerprint density at radius 1 is 1.00 bits per heavy atom. The van der Waals surface area contributed by atoms with Crippen LogP contribution < -0.4 is 0 Å². The molecule has 0 spiro atoms. The molecule has 0 heterocycles. The van der Waals surface area contributed by atoms with E-state index in [4.69, 9.17) is 0 Å². The largest absolute Gasteiger partial charge is 0.0922 e. The van der Waals surface area contributed by atoms with Gasteiger partial charge in [-0.3, -0.25) is 0 Å². The predicted molar refractivity (Wildman–Crippen MR) is 51.6 cm³/mol. The fourth-order valence-corrected chi connectivity index (χ4v) is 1.42. The molecule has 0 aliphatic carbocycles. The van der Waals surface area contributed by atoms with Gasteiger partial charge in [-0.2, -0.15) is 0 Å². The average Bonchev–Trinajstić information content (AvgIpc) is 1.88. The maximum absolute atomic E-state index is 3.55. The van der Waals surface area contributed by atoms with E-state index in [1.54, 1.807) is 0 Å². The fourth-order valence-electron chi connectivity index (χ4n) is 0.659. The van der Waals surface area contributed by atoms with E-state index in [2.05, 4.69) is 50.5 Å². The van der Waals surface area contributed by atoms with Crippen LogP contribution in [0.5, 0.6) is 0 Å². The second kappa shape index (κ2) is 3.25. The van der Waals surface area contributed by atoms with E-state index in [9.17, 15) is 0 Å². The molecular formula is C9H19Br. The number of rotatable bonds is 3. The van der Waals surface area contributed by atoms with Gasteiger partial charge in [0, 0.05) is 5.33 Å². The monoisotopic (exact) mass is 206 g/mol. The summed E-state index contributed by atoms with van der Waals surface area (Å²) in [7, 11) is 0. The average molecular weight is 207 g/mol. The minimum Gasteiger partial charge on any atom is -0.0922 e. The molecular weight excluding hydrogens is 188 g/mol. The Labute approximate surface area is 73.5 Å². The lowest BCUT2D eigenvalue weighted by Gasteiger charge is -2.39. The molecule has 0 aliphatic rings. The van der Waals surface area contributed by atoms with Crippen LogP contribution in [0.25, 0.3) is 0 Å². The lowest BCUT2D eigenvalue weighted by atomic mass is 9.68. The minimum absolute atomic E-state index is 0.405. The van der Waals surface area contributed by atoms with E-state index >= 15 is 0 Å². The summed E-state index contributed by atoms with van der Waals surface area (Å²) >= 11 is 3.55. The summed E-state index contributed by atoms with van der Waals surface area (Å²) in [6.45, 7) is 11.5. The van der Waals surface area contributed by atoms with Gasteiger partial charge >= 0.3 is 0 Å². The van der Waals surface area contributed by atoms with Gasteiger partial charge in [0.05, 0.1) is 0 Å². The van der Waals surface area contributed by atoms with Crippen molar-refractivity contribution in [2.45, 2.75) is 41.0 Å². The number of hydrogen-bond acceptors (Lipinski definition) is 0. The zero-order chi connectivity index (χ0) is 8.41. The molecule has 0 nitrogen and oxygen atoms in total. The van der Waals surface area contributed by atoms with Crippen molar-refractivity contribution in [1.29, 1.82) is 0 Å². The summed E-state index contributed by atoms with van der Waals surface area (Å²) < 4.78 is 0. The van der Waals surface area contributed by atoms with Gasteiger partial charge in [-0.25, -0.2) is 0 Å². The molecule has 0 radical (unpaired) electrons. The van der Waals surface area contributed by atoms with Crippen LogP contribution in [-0.4, -0.2) is 5.33 Å². The molecule has 0 unspecified atom stereocenters. The van der Waals surface area contributed by atoms with Crippen LogP contribution in [0.4, 0.5) is 0 Å². The highest BCUT2D eigenvalue weighted by atomic mass is 79.9. The molecule has 10 heavy (non-hydrogen) atoms. The fraction of sp³-hybridized carbons (Fsp3) is 1.00. The molecule has 0 fully saturated rings. The Balaban J connectivity index is 4.28. The van der Waals surface area contributed by atoms with Crippen molar-refractivity contribution in [2.24, 2.45) is 10.8 Å². The van der Waals surface area contributed by atoms with Crippen molar-refractivity contribution in [3.05, 3.63) is 0 Å². The SMILES string of the molecule is CCC(C)(C)C(C)(C)CBr. The maximum atomic E-state index is 3.55. The van der Waals surface area contributed by atoms with E-state index in [1.165, 1.54) is 6.42 Å². The third kappa shape index (κ3) is 1.98. The van der Waals surface area contributed by atoms with Crippen LogP contribution in [0, 0.1) is 10.8 Å². The lowest BCUT2D eigenvalue weighted by molar-refractivity contribution is 0.133. The van der Waals surface area contributed by atoms with Crippen molar-refractivity contribution in [1.82, 2.24) is 0 Å². The molecule has 0 rings (SSSR count). The number of hydrogen-bond donors (Lipinski definition) is 0. The molecule has 62 valence electrons. The summed E-state index contributed by atoms with van der Waals surface area (Å²) in [4.78, 5) is 0. The summed E-state index contributed by atoms with van der Waals surface area (Å²) in [6, 6.07) is 0. The first kappa shape index (κ1) is 10.5. The zero-order valence-corrected chi connectivity index (χ0v) is 9.38. The highest BCUT2D eigenvalue weighted by Gasteiger charge is 2.33. The summed E-state index contributed by atoms with van der Waals surface area (Å²) in [6.07, 6.45) is 1.24. The standard InChI is InChI=1S/C9H19Br/c1-6-8(2,3)9(4,5)7-10/h6-7H2,1-5H3. The highest BCUT2D eigenvalue weighted by Crippen LogP contribution is 2.42. The van der Waals surface area contributed by atoms with Crippen LogP contribution in [0.3, 0.4) is 0 Å². The molecule has 0 saturated heterocycles. The van der Waals surface area contributed by atoms with Gasteiger partial charge in [-0.05, 0) is 10.8 Å². The summed E-state index contributed by atoms with van der Waals surface area (Å²) in [5.74, 6) is 0. The minimum atomic E-state index is 0.405. The summed E-state index contributed by atoms with van der Waals surface area (Å²) in [5, 5.41) is 1.08. The van der Waals surface area contributed by atoms with Gasteiger partial charge in [-0.1, -0.05) is 57.0 Å². The van der Waals surface area contributed by atoms with Gasteiger partial charge < -0.3 is 0 Å². The molecule has 0 atom stereocenters. The van der Waals surface area contributed by atoms with Crippen molar-refractivity contribution < 1.29 is 0 Å². The van der Waals surface area contributed by atoms with Crippen molar-refractivity contribution >= 4 is 15.9 Å². The molecule has 1 heteroatoms. The van der Waals surface area contributed by atoms with Crippen LogP contribution in [0.15, 0.2) is 0 Å². The van der Waals surface area contributed by atoms with Gasteiger partial charge in [0.2, 0.25) is 0 Å². The van der Waals surface area contributed by atoms with Crippen molar-refractivity contribution in [3.63, 3.8) is 0 Å². The van der Waals surface area contributed by atoms with Crippen molar-refractivity contribution in [3.8, 4) is 0 Å². The molecule has 0 N–H and O–H groups in total. The zero-order valence-electron chi connectivity index (χ0n) is 7.79. The van der Waals surface area contributed by atoms with Crippen molar-refractivity contribution in [2.75, 3.05) is 5.33 Å². The molecule has 0 amide bonds. The Bertz CT molecular complexity index is 89.3. The highest BCUT2D eigenvalue weighted by molar-refractivity contribution is 9.09. The van der Waals surface area contributed by atoms with Crippen LogP contribution in [0.1, 0.15) is 41.0 Å². The first-order valence-corrected chi connectivity index (χ1v) is 5.05. The lowest BCUT2D eigenvalue weighted by Crippen LogP contribution is -2.33. The van der Waals surface area contributed by atoms with Crippen LogP contribution in [0.2, 0.25) is 0 Å². The van der Waals surface area contributed by atoms with Crippen LogP contribution >= 0.6 is 15.9 Å². The van der Waals surface area contributed by atoms with E-state index in [0.29, 0.717) is 10.8 Å². The quantitative estimate of drug-likeness (QED) is 0.616. The van der Waals surface area contributed by atoms with E-state index < -0.39 is 0 Å². The number of halogens is 1. The Morgan fingerprint density at radius 2 is 1.40 bits per heavy atom.